The highest BCUT2D eigenvalue weighted by Crippen LogP contribution is 2.35. The third kappa shape index (κ3) is 3.67. The van der Waals surface area contributed by atoms with Gasteiger partial charge in [-0.3, -0.25) is 0 Å². The lowest BCUT2D eigenvalue weighted by atomic mass is 9.75. The van der Waals surface area contributed by atoms with Crippen molar-refractivity contribution in [1.29, 1.82) is 0 Å². The molecule has 116 valence electrons. The topological polar surface area (TPSA) is 61.8 Å². The number of carbonyl (C=O) groups is 1. The van der Waals surface area contributed by atoms with Gasteiger partial charge in [-0.05, 0) is 43.9 Å². The largest absolute Gasteiger partial charge is 0.453 e. The van der Waals surface area contributed by atoms with Crippen LogP contribution in [0.2, 0.25) is 0 Å². The second-order valence-corrected chi connectivity index (χ2v) is 5.85. The summed E-state index contributed by atoms with van der Waals surface area (Å²) in [6.07, 6.45) is 2.48. The second kappa shape index (κ2) is 6.35. The summed E-state index contributed by atoms with van der Waals surface area (Å²) in [5.74, 6) is 0. The average Bonchev–Trinajstić information content (AvgIpc) is 2.45. The number of ether oxygens (including phenoxy) is 1. The Bertz CT molecular complexity index is 483. The number of hydrogen-bond donors (Lipinski definition) is 2. The minimum atomic E-state index is -0.566. The van der Waals surface area contributed by atoms with Crippen molar-refractivity contribution in [2.75, 3.05) is 19.5 Å². The van der Waals surface area contributed by atoms with Crippen molar-refractivity contribution in [3.8, 4) is 0 Å². The summed E-state index contributed by atoms with van der Waals surface area (Å²) in [4.78, 5) is 12.9. The summed E-state index contributed by atoms with van der Waals surface area (Å²) in [6.45, 7) is 2.52. The molecule has 1 aliphatic rings. The Hall–Kier alpha value is -1.75. The van der Waals surface area contributed by atoms with Crippen LogP contribution in [0.5, 0.6) is 0 Å². The minimum Gasteiger partial charge on any atom is -0.453 e. The Morgan fingerprint density at radius 2 is 2.05 bits per heavy atom. The molecule has 1 fully saturated rings. The van der Waals surface area contributed by atoms with Gasteiger partial charge in [0.15, 0.2) is 0 Å². The zero-order valence-corrected chi connectivity index (χ0v) is 12.9. The number of nitrogens with one attached hydrogen (secondary N) is 1. The molecule has 21 heavy (non-hydrogen) atoms. The zero-order chi connectivity index (χ0) is 15.5. The van der Waals surface area contributed by atoms with Gasteiger partial charge in [-0.15, -0.1) is 0 Å². The highest BCUT2D eigenvalue weighted by molar-refractivity contribution is 5.67. The second-order valence-electron chi connectivity index (χ2n) is 5.85. The smallest absolute Gasteiger partial charge is 0.409 e. The number of aliphatic hydroxyl groups is 1. The maximum Gasteiger partial charge on any atom is 0.409 e. The van der Waals surface area contributed by atoms with Gasteiger partial charge < -0.3 is 20.1 Å². The number of hydrogen-bond acceptors (Lipinski definition) is 4. The molecule has 0 radical (unpaired) electrons. The zero-order valence-electron chi connectivity index (χ0n) is 12.9. The Kier molecular flexibility index (Phi) is 4.73. The molecule has 5 nitrogen and oxygen atoms in total. The van der Waals surface area contributed by atoms with E-state index in [4.69, 9.17) is 0 Å². The van der Waals surface area contributed by atoms with Crippen LogP contribution in [0, 0.1) is 0 Å². The normalized spacial score (nSPS) is 17.5. The van der Waals surface area contributed by atoms with E-state index in [0.29, 0.717) is 6.54 Å². The molecule has 0 aliphatic heterocycles. The first kappa shape index (κ1) is 15.6. The van der Waals surface area contributed by atoms with Gasteiger partial charge in [-0.2, -0.15) is 0 Å². The van der Waals surface area contributed by atoms with E-state index in [2.05, 4.69) is 10.1 Å². The van der Waals surface area contributed by atoms with E-state index in [1.165, 1.54) is 12.0 Å². The summed E-state index contributed by atoms with van der Waals surface area (Å²) in [5, 5.41) is 13.6. The van der Waals surface area contributed by atoms with Crippen LogP contribution in [0.1, 0.15) is 31.7 Å². The first-order chi connectivity index (χ1) is 9.94. The lowest BCUT2D eigenvalue weighted by Crippen LogP contribution is -2.50. The Morgan fingerprint density at radius 1 is 1.43 bits per heavy atom. The quantitative estimate of drug-likeness (QED) is 0.875. The number of amides is 1. The van der Waals surface area contributed by atoms with Crippen LogP contribution in [0.25, 0.3) is 0 Å². The van der Waals surface area contributed by atoms with Gasteiger partial charge in [0.05, 0.1) is 18.8 Å². The molecule has 2 rings (SSSR count). The van der Waals surface area contributed by atoms with Crippen molar-refractivity contribution in [3.05, 3.63) is 29.8 Å². The van der Waals surface area contributed by atoms with Gasteiger partial charge in [0.2, 0.25) is 0 Å². The summed E-state index contributed by atoms with van der Waals surface area (Å²) in [5.41, 5.74) is 1.44. The molecule has 1 unspecified atom stereocenters. The van der Waals surface area contributed by atoms with Crippen LogP contribution in [-0.4, -0.2) is 41.9 Å². The van der Waals surface area contributed by atoms with Gasteiger partial charge in [0, 0.05) is 19.3 Å². The summed E-state index contributed by atoms with van der Waals surface area (Å²) in [6, 6.07) is 7.92. The highest BCUT2D eigenvalue weighted by Gasteiger charge is 2.39. The van der Waals surface area contributed by atoms with Crippen molar-refractivity contribution in [2.24, 2.45) is 0 Å². The average molecular weight is 292 g/mol. The Balaban J connectivity index is 1.91. The first-order valence-electron chi connectivity index (χ1n) is 7.31. The molecule has 1 atom stereocenters. The number of nitrogens with zero attached hydrogens (tertiary/aromatic N) is 1. The molecule has 0 heterocycles. The minimum absolute atomic E-state index is 0.0369. The van der Waals surface area contributed by atoms with Crippen LogP contribution < -0.4 is 5.32 Å². The monoisotopic (exact) mass is 292 g/mol. The van der Waals surface area contributed by atoms with E-state index in [1.54, 1.807) is 7.05 Å². The number of benzene rings is 1. The van der Waals surface area contributed by atoms with Gasteiger partial charge in [-0.1, -0.05) is 12.1 Å². The van der Waals surface area contributed by atoms with Crippen LogP contribution in [0.4, 0.5) is 10.5 Å². The number of methoxy groups -OCH3 is 1. The maximum absolute atomic E-state index is 11.3. The van der Waals surface area contributed by atoms with Crippen LogP contribution in [0.3, 0.4) is 0 Å². The van der Waals surface area contributed by atoms with E-state index in [1.807, 2.05) is 31.2 Å². The maximum atomic E-state index is 11.3. The lowest BCUT2D eigenvalue weighted by Gasteiger charge is -2.42. The first-order valence-corrected chi connectivity index (χ1v) is 7.31. The lowest BCUT2D eigenvalue weighted by molar-refractivity contribution is -0.0448. The summed E-state index contributed by atoms with van der Waals surface area (Å²) < 4.78 is 4.66. The molecule has 1 aromatic rings. The van der Waals surface area contributed by atoms with Crippen molar-refractivity contribution in [2.45, 2.75) is 44.4 Å². The molecule has 1 saturated carbocycles. The van der Waals surface area contributed by atoms with Crippen molar-refractivity contribution in [3.63, 3.8) is 0 Å². The fourth-order valence-corrected chi connectivity index (χ4v) is 2.56. The molecule has 2 N–H and O–H groups in total. The molecule has 5 heteroatoms. The molecule has 0 aromatic heterocycles. The Labute approximate surface area is 125 Å². The molecule has 0 bridgehead atoms. The van der Waals surface area contributed by atoms with Gasteiger partial charge in [0.1, 0.15) is 0 Å². The molecule has 1 amide bonds. The predicted molar refractivity (Wildman–Crippen MR) is 82.2 cm³/mol. The van der Waals surface area contributed by atoms with Crippen molar-refractivity contribution < 1.29 is 14.6 Å². The third-order valence-electron chi connectivity index (χ3n) is 4.27. The van der Waals surface area contributed by atoms with E-state index in [-0.39, 0.29) is 12.1 Å². The van der Waals surface area contributed by atoms with Crippen LogP contribution >= 0.6 is 0 Å². The van der Waals surface area contributed by atoms with E-state index in [0.717, 1.165) is 30.5 Å². The van der Waals surface area contributed by atoms with E-state index in [9.17, 15) is 9.90 Å². The van der Waals surface area contributed by atoms with E-state index >= 15 is 0 Å². The molecule has 0 spiro atoms. The molecule has 0 saturated heterocycles. The summed E-state index contributed by atoms with van der Waals surface area (Å²) in [7, 11) is 3.07. The van der Waals surface area contributed by atoms with Crippen LogP contribution in [0.15, 0.2) is 24.3 Å². The van der Waals surface area contributed by atoms with Gasteiger partial charge >= 0.3 is 6.09 Å². The Morgan fingerprint density at radius 3 is 2.52 bits per heavy atom. The predicted octanol–water partition coefficient (Wildman–Crippen LogP) is 2.60. The number of rotatable bonds is 5. The fourth-order valence-electron chi connectivity index (χ4n) is 2.56. The van der Waals surface area contributed by atoms with E-state index < -0.39 is 5.60 Å². The standard InChI is InChI=1S/C16H24N2O3/c1-12(16(20)9-4-10-16)17-14-7-5-13(6-8-14)11-18(2)15(19)21-3/h5-8,12,17,20H,4,9-11H2,1-3H3. The molecular formula is C16H24N2O3. The third-order valence-corrected chi connectivity index (χ3v) is 4.27. The number of anilines is 1. The summed E-state index contributed by atoms with van der Waals surface area (Å²) >= 11 is 0. The molecule has 1 aliphatic carbocycles. The SMILES string of the molecule is COC(=O)N(C)Cc1ccc(NC(C)C2(O)CCC2)cc1. The van der Waals surface area contributed by atoms with Crippen LogP contribution in [-0.2, 0) is 11.3 Å². The van der Waals surface area contributed by atoms with Gasteiger partial charge in [0.25, 0.3) is 0 Å². The number of carbonyl (C=O) groups excluding carboxylic acids is 1. The highest BCUT2D eigenvalue weighted by atomic mass is 16.5. The molecule has 1 aromatic carbocycles. The fraction of sp³-hybridized carbons (Fsp3) is 0.562. The molecular weight excluding hydrogens is 268 g/mol. The van der Waals surface area contributed by atoms with Crippen molar-refractivity contribution >= 4 is 11.8 Å². The van der Waals surface area contributed by atoms with Gasteiger partial charge in [-0.25, -0.2) is 4.79 Å². The van der Waals surface area contributed by atoms with Crippen molar-refractivity contribution in [1.82, 2.24) is 4.90 Å².